The summed E-state index contributed by atoms with van der Waals surface area (Å²) in [5.41, 5.74) is 5.84. The van der Waals surface area contributed by atoms with Crippen LogP contribution >= 0.6 is 15.9 Å². The maximum Gasteiger partial charge on any atom is 0.331 e. The van der Waals surface area contributed by atoms with Crippen molar-refractivity contribution in [3.8, 4) is 0 Å². The van der Waals surface area contributed by atoms with Crippen molar-refractivity contribution in [2.24, 2.45) is 0 Å². The summed E-state index contributed by atoms with van der Waals surface area (Å²) in [5, 5.41) is 2.80. The van der Waals surface area contributed by atoms with E-state index in [-0.39, 0.29) is 12.5 Å². The molecule has 0 aliphatic carbocycles. The van der Waals surface area contributed by atoms with Crippen LogP contribution in [0.15, 0.2) is 40.9 Å². The first-order chi connectivity index (χ1) is 12.3. The minimum absolute atomic E-state index is 0.328. The Bertz CT molecular complexity index is 849. The molecule has 0 spiro atoms. The van der Waals surface area contributed by atoms with E-state index in [9.17, 15) is 9.59 Å². The molecule has 136 valence electrons. The number of halogens is 1. The van der Waals surface area contributed by atoms with Crippen LogP contribution < -0.4 is 5.32 Å². The van der Waals surface area contributed by atoms with Crippen molar-refractivity contribution in [3.05, 3.63) is 68.7 Å². The minimum Gasteiger partial charge on any atom is -0.452 e. The van der Waals surface area contributed by atoms with Gasteiger partial charge in [-0.05, 0) is 62.1 Å². The zero-order valence-electron chi connectivity index (χ0n) is 15.4. The normalized spacial score (nSPS) is 10.8. The molecule has 1 amide bonds. The molecule has 2 aromatic carbocycles. The molecular weight excluding hydrogens is 394 g/mol. The van der Waals surface area contributed by atoms with E-state index >= 15 is 0 Å². The molecule has 0 atom stereocenters. The Morgan fingerprint density at radius 2 is 1.69 bits per heavy atom. The molecule has 0 aromatic heterocycles. The van der Waals surface area contributed by atoms with Crippen LogP contribution in [0.4, 0.5) is 5.69 Å². The van der Waals surface area contributed by atoms with Gasteiger partial charge in [-0.1, -0.05) is 45.8 Å². The summed E-state index contributed by atoms with van der Waals surface area (Å²) in [7, 11) is 0. The number of anilines is 1. The smallest absolute Gasteiger partial charge is 0.331 e. The average molecular weight is 416 g/mol. The quantitative estimate of drug-likeness (QED) is 0.559. The SMILES string of the molecule is Cc1cc(C)c(NC(=O)COC(=O)/C=C/c2ccc(C)cc2Br)c(C)c1. The number of nitrogens with one attached hydrogen (secondary N) is 1. The van der Waals surface area contributed by atoms with Gasteiger partial charge >= 0.3 is 5.97 Å². The zero-order valence-corrected chi connectivity index (χ0v) is 16.9. The maximum atomic E-state index is 12.1. The van der Waals surface area contributed by atoms with E-state index in [4.69, 9.17) is 4.74 Å². The number of hydrogen-bond acceptors (Lipinski definition) is 3. The fourth-order valence-electron chi connectivity index (χ4n) is 2.66. The highest BCUT2D eigenvalue weighted by atomic mass is 79.9. The van der Waals surface area contributed by atoms with Gasteiger partial charge in [0.1, 0.15) is 0 Å². The van der Waals surface area contributed by atoms with Crippen LogP contribution in [0, 0.1) is 27.7 Å². The van der Waals surface area contributed by atoms with E-state index in [1.165, 1.54) is 6.08 Å². The Labute approximate surface area is 162 Å². The number of carbonyl (C=O) groups is 2. The third-order valence-electron chi connectivity index (χ3n) is 3.84. The Hall–Kier alpha value is -2.40. The summed E-state index contributed by atoms with van der Waals surface area (Å²) in [6.07, 6.45) is 2.96. The van der Waals surface area contributed by atoms with Gasteiger partial charge in [-0.25, -0.2) is 4.79 Å². The molecule has 2 rings (SSSR count). The van der Waals surface area contributed by atoms with Gasteiger partial charge in [-0.2, -0.15) is 0 Å². The van der Waals surface area contributed by atoms with Crippen molar-refractivity contribution in [1.82, 2.24) is 0 Å². The topological polar surface area (TPSA) is 55.4 Å². The fourth-order valence-corrected chi connectivity index (χ4v) is 3.29. The zero-order chi connectivity index (χ0) is 19.3. The van der Waals surface area contributed by atoms with E-state index in [0.29, 0.717) is 0 Å². The predicted molar refractivity (Wildman–Crippen MR) is 108 cm³/mol. The molecule has 0 unspecified atom stereocenters. The van der Waals surface area contributed by atoms with E-state index in [2.05, 4.69) is 21.2 Å². The van der Waals surface area contributed by atoms with Crippen molar-refractivity contribution in [1.29, 1.82) is 0 Å². The molecular formula is C21H22BrNO3. The number of ether oxygens (including phenoxy) is 1. The summed E-state index contributed by atoms with van der Waals surface area (Å²) < 4.78 is 5.90. The number of rotatable bonds is 5. The van der Waals surface area contributed by atoms with Crippen LogP contribution in [0.1, 0.15) is 27.8 Å². The highest BCUT2D eigenvalue weighted by Gasteiger charge is 2.10. The fraction of sp³-hybridized carbons (Fsp3) is 0.238. The van der Waals surface area contributed by atoms with Crippen LogP contribution in [0.5, 0.6) is 0 Å². The van der Waals surface area contributed by atoms with Gasteiger partial charge < -0.3 is 10.1 Å². The lowest BCUT2D eigenvalue weighted by molar-refractivity contribution is -0.142. The monoisotopic (exact) mass is 415 g/mol. The molecule has 0 heterocycles. The number of amides is 1. The van der Waals surface area contributed by atoms with Crippen molar-refractivity contribution >= 4 is 39.6 Å². The van der Waals surface area contributed by atoms with Gasteiger partial charge in [0, 0.05) is 16.2 Å². The summed E-state index contributed by atoms with van der Waals surface area (Å²) in [6, 6.07) is 9.81. The first-order valence-electron chi connectivity index (χ1n) is 8.25. The second-order valence-electron chi connectivity index (χ2n) is 6.29. The lowest BCUT2D eigenvalue weighted by atomic mass is 10.1. The Morgan fingerprint density at radius 3 is 2.31 bits per heavy atom. The number of esters is 1. The van der Waals surface area contributed by atoms with Gasteiger partial charge in [0.25, 0.3) is 5.91 Å². The average Bonchev–Trinajstić information content (AvgIpc) is 2.55. The van der Waals surface area contributed by atoms with Crippen LogP contribution in [-0.2, 0) is 14.3 Å². The third-order valence-corrected chi connectivity index (χ3v) is 4.53. The Morgan fingerprint density at radius 1 is 1.04 bits per heavy atom. The standard InChI is InChI=1S/C21H22BrNO3/c1-13-5-6-17(18(22)11-13)7-8-20(25)26-12-19(24)23-21-15(3)9-14(2)10-16(21)4/h5-11H,12H2,1-4H3,(H,23,24)/b8-7+. The van der Waals surface area contributed by atoms with Gasteiger partial charge in [0.2, 0.25) is 0 Å². The van der Waals surface area contributed by atoms with Gasteiger partial charge in [-0.15, -0.1) is 0 Å². The van der Waals surface area contributed by atoms with Crippen molar-refractivity contribution in [2.45, 2.75) is 27.7 Å². The molecule has 1 N–H and O–H groups in total. The first kappa shape index (κ1) is 19.9. The van der Waals surface area contributed by atoms with Crippen LogP contribution in [0.25, 0.3) is 6.08 Å². The van der Waals surface area contributed by atoms with Crippen LogP contribution in [0.3, 0.4) is 0 Å². The van der Waals surface area contributed by atoms with Gasteiger partial charge in [0.15, 0.2) is 6.61 Å². The highest BCUT2D eigenvalue weighted by Crippen LogP contribution is 2.22. The minimum atomic E-state index is -0.565. The Kier molecular flexibility index (Phi) is 6.75. The van der Waals surface area contributed by atoms with E-state index in [1.54, 1.807) is 6.08 Å². The lowest BCUT2D eigenvalue weighted by Gasteiger charge is -2.12. The summed E-state index contributed by atoms with van der Waals surface area (Å²) in [4.78, 5) is 23.9. The molecule has 0 bridgehead atoms. The Balaban J connectivity index is 1.91. The second-order valence-corrected chi connectivity index (χ2v) is 7.14. The predicted octanol–water partition coefficient (Wildman–Crippen LogP) is 4.88. The highest BCUT2D eigenvalue weighted by molar-refractivity contribution is 9.10. The number of carbonyl (C=O) groups excluding carboxylic acids is 2. The summed E-state index contributed by atoms with van der Waals surface area (Å²) in [5.74, 6) is -0.928. The molecule has 0 aliphatic rings. The van der Waals surface area contributed by atoms with Gasteiger partial charge in [-0.3, -0.25) is 4.79 Å². The lowest BCUT2D eigenvalue weighted by Crippen LogP contribution is -2.21. The number of aryl methyl sites for hydroxylation is 4. The molecule has 0 radical (unpaired) electrons. The summed E-state index contributed by atoms with van der Waals surface area (Å²) in [6.45, 7) is 7.54. The number of benzene rings is 2. The second kappa shape index (κ2) is 8.81. The molecule has 0 fully saturated rings. The molecule has 0 aliphatic heterocycles. The molecule has 26 heavy (non-hydrogen) atoms. The van der Waals surface area contributed by atoms with Crippen molar-refractivity contribution in [3.63, 3.8) is 0 Å². The summed E-state index contributed by atoms with van der Waals surface area (Å²) >= 11 is 3.45. The van der Waals surface area contributed by atoms with Gasteiger partial charge in [0.05, 0.1) is 0 Å². The van der Waals surface area contributed by atoms with Crippen molar-refractivity contribution < 1.29 is 14.3 Å². The van der Waals surface area contributed by atoms with E-state index in [0.717, 1.165) is 38.0 Å². The number of hydrogen-bond donors (Lipinski definition) is 1. The first-order valence-corrected chi connectivity index (χ1v) is 9.04. The van der Waals surface area contributed by atoms with Crippen LogP contribution in [0.2, 0.25) is 0 Å². The molecule has 5 heteroatoms. The third kappa shape index (κ3) is 5.56. The van der Waals surface area contributed by atoms with Crippen molar-refractivity contribution in [2.75, 3.05) is 11.9 Å². The molecule has 4 nitrogen and oxygen atoms in total. The maximum absolute atomic E-state index is 12.1. The largest absolute Gasteiger partial charge is 0.452 e. The van der Waals surface area contributed by atoms with E-state index in [1.807, 2.05) is 58.0 Å². The molecule has 0 saturated carbocycles. The molecule has 2 aromatic rings. The molecule has 0 saturated heterocycles. The van der Waals surface area contributed by atoms with Crippen LogP contribution in [-0.4, -0.2) is 18.5 Å². The van der Waals surface area contributed by atoms with E-state index < -0.39 is 5.97 Å².